The van der Waals surface area contributed by atoms with E-state index in [4.69, 9.17) is 5.73 Å². The molecule has 22 heavy (non-hydrogen) atoms. The summed E-state index contributed by atoms with van der Waals surface area (Å²) in [6, 6.07) is 16.1. The monoisotopic (exact) mass is 296 g/mol. The molecular weight excluding hydrogens is 279 g/mol. The number of benzene rings is 2. The quantitative estimate of drug-likeness (QED) is 0.759. The van der Waals surface area contributed by atoms with E-state index in [1.807, 2.05) is 18.2 Å². The van der Waals surface area contributed by atoms with Crippen LogP contribution in [0.4, 0.5) is 4.39 Å². The Balaban J connectivity index is 1.68. The van der Waals surface area contributed by atoms with Crippen LogP contribution in [0.5, 0.6) is 0 Å². The van der Waals surface area contributed by atoms with E-state index < -0.39 is 0 Å². The predicted molar refractivity (Wildman–Crippen MR) is 83.5 cm³/mol. The summed E-state index contributed by atoms with van der Waals surface area (Å²) in [6.07, 6.45) is 1.64. The number of hydrogen-bond donors (Lipinski definition) is 2. The minimum absolute atomic E-state index is 0.227. The number of aryl methyl sites for hydroxylation is 1. The molecular formula is C17H17FN4. The highest BCUT2D eigenvalue weighted by Gasteiger charge is 2.13. The molecule has 3 N–H and O–H groups in total. The Bertz CT molecular complexity index is 739. The lowest BCUT2D eigenvalue weighted by atomic mass is 10.1. The number of nitrogens with one attached hydrogen (secondary N) is 1. The maximum atomic E-state index is 13.2. The van der Waals surface area contributed by atoms with Crippen molar-refractivity contribution in [3.63, 3.8) is 0 Å². The first kappa shape index (κ1) is 14.4. The average molecular weight is 296 g/mol. The van der Waals surface area contributed by atoms with Crippen LogP contribution in [0.15, 0.2) is 54.6 Å². The van der Waals surface area contributed by atoms with Crippen molar-refractivity contribution >= 4 is 0 Å². The van der Waals surface area contributed by atoms with Gasteiger partial charge >= 0.3 is 0 Å². The van der Waals surface area contributed by atoms with Crippen molar-refractivity contribution in [2.45, 2.75) is 18.9 Å². The highest BCUT2D eigenvalue weighted by Crippen LogP contribution is 2.19. The Morgan fingerprint density at radius 1 is 1.09 bits per heavy atom. The summed E-state index contributed by atoms with van der Waals surface area (Å²) in [6.45, 7) is 0. The molecule has 0 saturated heterocycles. The Kier molecular flexibility index (Phi) is 4.25. The molecule has 3 aromatic rings. The fraction of sp³-hybridized carbons (Fsp3) is 0.176. The highest BCUT2D eigenvalue weighted by molar-refractivity contribution is 5.54. The minimum atomic E-state index is -0.308. The van der Waals surface area contributed by atoms with Crippen molar-refractivity contribution in [1.29, 1.82) is 0 Å². The van der Waals surface area contributed by atoms with Gasteiger partial charge in [-0.15, -0.1) is 0 Å². The summed E-state index contributed by atoms with van der Waals surface area (Å²) >= 11 is 0. The Morgan fingerprint density at radius 2 is 1.91 bits per heavy atom. The smallest absolute Gasteiger partial charge is 0.181 e. The van der Waals surface area contributed by atoms with E-state index in [0.717, 1.165) is 12.8 Å². The zero-order chi connectivity index (χ0) is 15.4. The van der Waals surface area contributed by atoms with E-state index in [1.54, 1.807) is 12.1 Å². The van der Waals surface area contributed by atoms with Gasteiger partial charge in [0, 0.05) is 5.56 Å². The molecule has 1 atom stereocenters. The lowest BCUT2D eigenvalue weighted by Gasteiger charge is -2.07. The van der Waals surface area contributed by atoms with Crippen LogP contribution >= 0.6 is 0 Å². The number of halogens is 1. The number of nitrogens with two attached hydrogens (primary N) is 1. The largest absolute Gasteiger partial charge is 0.321 e. The first-order valence-electron chi connectivity index (χ1n) is 7.20. The van der Waals surface area contributed by atoms with E-state index in [2.05, 4.69) is 27.3 Å². The molecule has 1 aromatic heterocycles. The molecule has 2 aromatic carbocycles. The third-order valence-corrected chi connectivity index (χ3v) is 3.52. The summed E-state index contributed by atoms with van der Waals surface area (Å²) in [5.41, 5.74) is 8.03. The minimum Gasteiger partial charge on any atom is -0.321 e. The molecule has 0 aliphatic rings. The van der Waals surface area contributed by atoms with Crippen molar-refractivity contribution in [2.75, 3.05) is 0 Å². The van der Waals surface area contributed by atoms with Gasteiger partial charge in [0.15, 0.2) is 5.82 Å². The normalized spacial score (nSPS) is 12.3. The number of rotatable bonds is 5. The first-order chi connectivity index (χ1) is 10.7. The van der Waals surface area contributed by atoms with Crippen LogP contribution in [0.2, 0.25) is 0 Å². The zero-order valence-corrected chi connectivity index (χ0v) is 12.0. The van der Waals surface area contributed by atoms with E-state index >= 15 is 0 Å². The Hall–Kier alpha value is -2.53. The fourth-order valence-corrected chi connectivity index (χ4v) is 2.30. The number of aromatic nitrogens is 3. The SMILES string of the molecule is N[C@H](CCc1ccccc1)c1nc(-c2cccc(F)c2)n[nH]1. The molecule has 1 heterocycles. The molecule has 112 valence electrons. The van der Waals surface area contributed by atoms with Crippen LogP contribution in [-0.2, 0) is 6.42 Å². The molecule has 5 heteroatoms. The molecule has 0 bridgehead atoms. The summed E-state index contributed by atoms with van der Waals surface area (Å²) in [7, 11) is 0. The van der Waals surface area contributed by atoms with Crippen LogP contribution in [0.3, 0.4) is 0 Å². The Morgan fingerprint density at radius 3 is 2.68 bits per heavy atom. The number of hydrogen-bond acceptors (Lipinski definition) is 3. The second-order valence-electron chi connectivity index (χ2n) is 5.19. The molecule has 3 rings (SSSR count). The van der Waals surface area contributed by atoms with Gasteiger partial charge in [-0.25, -0.2) is 9.37 Å². The maximum absolute atomic E-state index is 13.2. The van der Waals surface area contributed by atoms with Crippen LogP contribution in [0.25, 0.3) is 11.4 Å². The molecule has 0 unspecified atom stereocenters. The lowest BCUT2D eigenvalue weighted by molar-refractivity contribution is 0.615. The van der Waals surface area contributed by atoms with Crippen molar-refractivity contribution in [3.05, 3.63) is 71.8 Å². The summed E-state index contributed by atoms with van der Waals surface area (Å²) in [4.78, 5) is 4.38. The standard InChI is InChI=1S/C17H17FN4/c18-14-8-4-7-13(11-14)16-20-17(22-21-16)15(19)10-9-12-5-2-1-3-6-12/h1-8,11,15H,9-10,19H2,(H,20,21,22)/t15-/m1/s1. The molecule has 0 fully saturated rings. The molecule has 0 aliphatic carbocycles. The Labute approximate surface area is 128 Å². The van der Waals surface area contributed by atoms with Crippen molar-refractivity contribution < 1.29 is 4.39 Å². The fourth-order valence-electron chi connectivity index (χ4n) is 2.30. The van der Waals surface area contributed by atoms with Crippen LogP contribution in [0.1, 0.15) is 23.9 Å². The van der Waals surface area contributed by atoms with Gasteiger partial charge in [-0.1, -0.05) is 42.5 Å². The summed E-state index contributed by atoms with van der Waals surface area (Å²) in [5.74, 6) is 0.775. The molecule has 4 nitrogen and oxygen atoms in total. The van der Waals surface area contributed by atoms with Gasteiger partial charge < -0.3 is 5.73 Å². The topological polar surface area (TPSA) is 67.6 Å². The molecule has 0 radical (unpaired) electrons. The van der Waals surface area contributed by atoms with Crippen LogP contribution in [-0.4, -0.2) is 15.2 Å². The molecule has 0 amide bonds. The second-order valence-corrected chi connectivity index (χ2v) is 5.19. The van der Waals surface area contributed by atoms with Crippen LogP contribution in [0, 0.1) is 5.82 Å². The number of H-pyrrole nitrogens is 1. The van der Waals surface area contributed by atoms with Crippen molar-refractivity contribution in [1.82, 2.24) is 15.2 Å². The van der Waals surface area contributed by atoms with Crippen molar-refractivity contribution in [3.8, 4) is 11.4 Å². The molecule has 0 saturated carbocycles. The van der Waals surface area contributed by atoms with Gasteiger partial charge in [-0.3, -0.25) is 5.10 Å². The van der Waals surface area contributed by atoms with Gasteiger partial charge in [0.05, 0.1) is 6.04 Å². The third-order valence-electron chi connectivity index (χ3n) is 3.52. The van der Waals surface area contributed by atoms with E-state index in [0.29, 0.717) is 17.2 Å². The molecule has 0 aliphatic heterocycles. The zero-order valence-electron chi connectivity index (χ0n) is 12.0. The first-order valence-corrected chi connectivity index (χ1v) is 7.20. The van der Waals surface area contributed by atoms with E-state index in [9.17, 15) is 4.39 Å². The van der Waals surface area contributed by atoms with Gasteiger partial charge in [0.2, 0.25) is 0 Å². The van der Waals surface area contributed by atoms with Gasteiger partial charge in [-0.2, -0.15) is 5.10 Å². The third kappa shape index (κ3) is 3.38. The molecule has 0 spiro atoms. The summed E-state index contributed by atoms with van der Waals surface area (Å²) in [5, 5.41) is 6.97. The number of nitrogens with zero attached hydrogens (tertiary/aromatic N) is 2. The van der Waals surface area contributed by atoms with Crippen molar-refractivity contribution in [2.24, 2.45) is 5.73 Å². The average Bonchev–Trinajstić information content (AvgIpc) is 3.04. The second kappa shape index (κ2) is 6.49. The van der Waals surface area contributed by atoms with Gasteiger partial charge in [0.25, 0.3) is 0 Å². The van der Waals surface area contributed by atoms with Gasteiger partial charge in [-0.05, 0) is 30.5 Å². The number of aromatic amines is 1. The highest BCUT2D eigenvalue weighted by atomic mass is 19.1. The van der Waals surface area contributed by atoms with Gasteiger partial charge in [0.1, 0.15) is 11.6 Å². The predicted octanol–water partition coefficient (Wildman–Crippen LogP) is 3.24. The lowest BCUT2D eigenvalue weighted by Crippen LogP contribution is -2.13. The van der Waals surface area contributed by atoms with E-state index in [1.165, 1.54) is 17.7 Å². The van der Waals surface area contributed by atoms with Crippen LogP contribution < -0.4 is 5.73 Å². The summed E-state index contributed by atoms with van der Waals surface area (Å²) < 4.78 is 13.2. The van der Waals surface area contributed by atoms with E-state index in [-0.39, 0.29) is 11.9 Å². The maximum Gasteiger partial charge on any atom is 0.181 e.